The van der Waals surface area contributed by atoms with Crippen LogP contribution in [-0.2, 0) is 6.42 Å². The molecule has 0 spiro atoms. The summed E-state index contributed by atoms with van der Waals surface area (Å²) in [7, 11) is 1.72. The van der Waals surface area contributed by atoms with Gasteiger partial charge in [-0.2, -0.15) is 0 Å². The van der Waals surface area contributed by atoms with Crippen LogP contribution in [0.25, 0.3) is 0 Å². The largest absolute Gasteiger partial charge is 0.497 e. The molecule has 3 atom stereocenters. The van der Waals surface area contributed by atoms with Crippen molar-refractivity contribution >= 4 is 12.4 Å². The summed E-state index contributed by atoms with van der Waals surface area (Å²) < 4.78 is 11.1. The van der Waals surface area contributed by atoms with E-state index in [9.17, 15) is 5.11 Å². The summed E-state index contributed by atoms with van der Waals surface area (Å²) in [5.74, 6) is 2.34. The minimum Gasteiger partial charge on any atom is -0.497 e. The Balaban J connectivity index is 0.00000272. The number of halogens is 1. The molecular formula is C26H30ClNO3. The fourth-order valence-electron chi connectivity index (χ4n) is 4.43. The third-order valence-corrected chi connectivity index (χ3v) is 5.99. The number of ether oxygens (including phenoxy) is 2. The number of methoxy groups -OCH3 is 1. The first-order valence-electron chi connectivity index (χ1n) is 10.5. The molecule has 3 aromatic rings. The summed E-state index contributed by atoms with van der Waals surface area (Å²) >= 11 is 0. The molecule has 164 valence electrons. The lowest BCUT2D eigenvalue weighted by molar-refractivity contribution is 0.114. The van der Waals surface area contributed by atoms with E-state index in [0.717, 1.165) is 24.3 Å². The predicted octanol–water partition coefficient (Wildman–Crippen LogP) is 4.68. The van der Waals surface area contributed by atoms with E-state index in [1.807, 2.05) is 12.1 Å². The van der Waals surface area contributed by atoms with Crippen LogP contribution in [0.15, 0.2) is 72.8 Å². The fraction of sp³-hybridized carbons (Fsp3) is 0.308. The van der Waals surface area contributed by atoms with E-state index in [4.69, 9.17) is 15.2 Å². The van der Waals surface area contributed by atoms with Crippen molar-refractivity contribution in [2.24, 2.45) is 5.73 Å². The van der Waals surface area contributed by atoms with Gasteiger partial charge in [0, 0.05) is 12.5 Å². The van der Waals surface area contributed by atoms with Crippen molar-refractivity contribution in [1.29, 1.82) is 0 Å². The Kier molecular flexibility index (Phi) is 7.97. The molecule has 4 rings (SSSR count). The smallest absolute Gasteiger partial charge is 0.119 e. The zero-order chi connectivity index (χ0) is 20.9. The number of hydrogen-bond donors (Lipinski definition) is 2. The number of aliphatic hydroxyl groups is 1. The van der Waals surface area contributed by atoms with E-state index in [0.29, 0.717) is 5.92 Å². The van der Waals surface area contributed by atoms with E-state index in [1.165, 1.54) is 22.3 Å². The minimum atomic E-state index is -0.646. The van der Waals surface area contributed by atoms with Crippen LogP contribution in [0.3, 0.4) is 0 Å². The summed E-state index contributed by atoms with van der Waals surface area (Å²) in [5, 5.41) is 9.63. The molecule has 0 heterocycles. The monoisotopic (exact) mass is 439 g/mol. The third-order valence-electron chi connectivity index (χ3n) is 5.99. The lowest BCUT2D eigenvalue weighted by Crippen LogP contribution is -2.26. The standard InChI is InChI=1S/C26H29NO3.ClH/c1-29-23-12-14-25-20(15-23)9-13-24(18-5-3-2-4-6-18)26(25)19-7-10-22(11-8-19)30-17-21(28)16-27;/h2-8,10-12,14-15,21,24,26,28H,9,13,16-17,27H2,1H3;1H. The minimum absolute atomic E-state index is 0. The van der Waals surface area contributed by atoms with Crippen LogP contribution >= 0.6 is 12.4 Å². The molecule has 3 unspecified atom stereocenters. The maximum atomic E-state index is 9.63. The fourth-order valence-corrected chi connectivity index (χ4v) is 4.43. The zero-order valence-corrected chi connectivity index (χ0v) is 18.6. The van der Waals surface area contributed by atoms with Gasteiger partial charge in [-0.1, -0.05) is 48.5 Å². The highest BCUT2D eigenvalue weighted by atomic mass is 35.5. The zero-order valence-electron chi connectivity index (χ0n) is 17.7. The molecule has 0 bridgehead atoms. The number of rotatable bonds is 7. The van der Waals surface area contributed by atoms with Crippen molar-refractivity contribution in [3.8, 4) is 11.5 Å². The maximum absolute atomic E-state index is 9.63. The summed E-state index contributed by atoms with van der Waals surface area (Å²) in [6, 6.07) is 25.5. The molecular weight excluding hydrogens is 410 g/mol. The van der Waals surface area contributed by atoms with Crippen LogP contribution in [0, 0.1) is 0 Å². The number of benzene rings is 3. The van der Waals surface area contributed by atoms with E-state index in [2.05, 4.69) is 60.7 Å². The molecule has 0 radical (unpaired) electrons. The molecule has 5 heteroatoms. The number of nitrogens with two attached hydrogens (primary N) is 1. The second kappa shape index (κ2) is 10.7. The predicted molar refractivity (Wildman–Crippen MR) is 127 cm³/mol. The Bertz CT molecular complexity index is 962. The van der Waals surface area contributed by atoms with Crippen LogP contribution in [-0.4, -0.2) is 31.5 Å². The molecule has 0 amide bonds. The maximum Gasteiger partial charge on any atom is 0.119 e. The van der Waals surface area contributed by atoms with Crippen LogP contribution in [0.5, 0.6) is 11.5 Å². The van der Waals surface area contributed by atoms with Crippen molar-refractivity contribution < 1.29 is 14.6 Å². The molecule has 0 saturated heterocycles. The lowest BCUT2D eigenvalue weighted by atomic mass is 9.69. The molecule has 3 N–H and O–H groups in total. The van der Waals surface area contributed by atoms with Gasteiger partial charge >= 0.3 is 0 Å². The van der Waals surface area contributed by atoms with Gasteiger partial charge < -0.3 is 20.3 Å². The molecule has 31 heavy (non-hydrogen) atoms. The Morgan fingerprint density at radius 2 is 1.68 bits per heavy atom. The molecule has 1 aliphatic rings. The number of hydrogen-bond acceptors (Lipinski definition) is 4. The van der Waals surface area contributed by atoms with Crippen LogP contribution in [0.2, 0.25) is 0 Å². The van der Waals surface area contributed by atoms with Crippen molar-refractivity contribution in [2.75, 3.05) is 20.3 Å². The van der Waals surface area contributed by atoms with Gasteiger partial charge in [-0.05, 0) is 65.3 Å². The van der Waals surface area contributed by atoms with Crippen molar-refractivity contribution in [3.05, 3.63) is 95.1 Å². The van der Waals surface area contributed by atoms with Crippen molar-refractivity contribution in [1.82, 2.24) is 0 Å². The van der Waals surface area contributed by atoms with Crippen molar-refractivity contribution in [3.63, 3.8) is 0 Å². The highest BCUT2D eigenvalue weighted by Gasteiger charge is 2.32. The summed E-state index contributed by atoms with van der Waals surface area (Å²) in [6.07, 6.45) is 1.49. The number of aliphatic hydroxyl groups excluding tert-OH is 1. The second-order valence-corrected chi connectivity index (χ2v) is 7.87. The van der Waals surface area contributed by atoms with Crippen LogP contribution < -0.4 is 15.2 Å². The normalized spacial score (nSPS) is 18.4. The molecule has 1 aliphatic carbocycles. The molecule has 4 nitrogen and oxygen atoms in total. The quantitative estimate of drug-likeness (QED) is 0.561. The van der Waals surface area contributed by atoms with Gasteiger partial charge in [0.15, 0.2) is 0 Å². The van der Waals surface area contributed by atoms with Gasteiger partial charge in [0.2, 0.25) is 0 Å². The number of fused-ring (bicyclic) bond motifs is 1. The van der Waals surface area contributed by atoms with Gasteiger partial charge in [-0.3, -0.25) is 0 Å². The van der Waals surface area contributed by atoms with E-state index in [1.54, 1.807) is 7.11 Å². The Hall–Kier alpha value is -2.53. The first-order valence-corrected chi connectivity index (χ1v) is 10.5. The Labute approximate surface area is 190 Å². The summed E-state index contributed by atoms with van der Waals surface area (Å²) in [5.41, 5.74) is 10.8. The van der Waals surface area contributed by atoms with Gasteiger partial charge in [0.1, 0.15) is 24.2 Å². The molecule has 0 aromatic heterocycles. The van der Waals surface area contributed by atoms with Gasteiger partial charge in [0.25, 0.3) is 0 Å². The van der Waals surface area contributed by atoms with Gasteiger partial charge in [-0.15, -0.1) is 12.4 Å². The van der Waals surface area contributed by atoms with Gasteiger partial charge in [-0.25, -0.2) is 0 Å². The molecule has 0 saturated carbocycles. The molecule has 0 aliphatic heterocycles. The first kappa shape index (κ1) is 23.1. The Morgan fingerprint density at radius 3 is 2.35 bits per heavy atom. The molecule has 0 fully saturated rings. The SMILES string of the molecule is COc1ccc2c(c1)CCC(c1ccccc1)C2c1ccc(OCC(O)CN)cc1.Cl. The van der Waals surface area contributed by atoms with Crippen molar-refractivity contribution in [2.45, 2.75) is 30.8 Å². The first-order chi connectivity index (χ1) is 14.7. The number of aryl methyl sites for hydroxylation is 1. The second-order valence-electron chi connectivity index (χ2n) is 7.87. The van der Waals surface area contributed by atoms with E-state index >= 15 is 0 Å². The summed E-state index contributed by atoms with van der Waals surface area (Å²) in [4.78, 5) is 0. The van der Waals surface area contributed by atoms with Crippen LogP contribution in [0.4, 0.5) is 0 Å². The highest BCUT2D eigenvalue weighted by molar-refractivity contribution is 5.85. The van der Waals surface area contributed by atoms with Crippen LogP contribution in [0.1, 0.15) is 40.5 Å². The van der Waals surface area contributed by atoms with E-state index < -0.39 is 6.10 Å². The van der Waals surface area contributed by atoms with Gasteiger partial charge in [0.05, 0.1) is 7.11 Å². The lowest BCUT2D eigenvalue weighted by Gasteiger charge is -2.35. The highest BCUT2D eigenvalue weighted by Crippen LogP contribution is 2.47. The third kappa shape index (κ3) is 5.21. The summed E-state index contributed by atoms with van der Waals surface area (Å²) in [6.45, 7) is 0.397. The molecule has 3 aromatic carbocycles. The topological polar surface area (TPSA) is 64.7 Å². The average molecular weight is 440 g/mol. The Morgan fingerprint density at radius 1 is 0.968 bits per heavy atom. The van der Waals surface area contributed by atoms with E-state index in [-0.39, 0.29) is 31.5 Å². The average Bonchev–Trinajstić information content (AvgIpc) is 2.82.